The summed E-state index contributed by atoms with van der Waals surface area (Å²) in [7, 11) is 0. The minimum absolute atomic E-state index is 0.0568. The standard InChI is InChI=1S/C26H39NO10/c1-15(12-33-16(2)28)20(21(27)22(29)30)17-9-10-18(36-23(31)34-13-25(3,4)5)19(11-17)37-24(32)35-14-26(6,7)8/h9-11,15,20-21H,12-14,27H2,1-8H3,(H,29,30)/t15?,20?,21-/m0/s1. The summed E-state index contributed by atoms with van der Waals surface area (Å²) in [6, 6.07) is 2.77. The van der Waals surface area contributed by atoms with Gasteiger partial charge in [0, 0.05) is 12.8 Å². The molecule has 3 N–H and O–H groups in total. The Morgan fingerprint density at radius 1 is 0.865 bits per heavy atom. The quantitative estimate of drug-likeness (QED) is 0.251. The molecule has 0 saturated carbocycles. The number of carboxylic acids is 1. The predicted octanol–water partition coefficient (Wildman–Crippen LogP) is 4.50. The molecule has 0 saturated heterocycles. The molecule has 0 aliphatic rings. The first-order valence-electron chi connectivity index (χ1n) is 11.8. The van der Waals surface area contributed by atoms with Crippen molar-refractivity contribution in [2.75, 3.05) is 19.8 Å². The average molecular weight is 526 g/mol. The van der Waals surface area contributed by atoms with Gasteiger partial charge < -0.3 is 34.5 Å². The Morgan fingerprint density at radius 2 is 1.35 bits per heavy atom. The number of hydrogen-bond acceptors (Lipinski definition) is 10. The minimum atomic E-state index is -1.38. The van der Waals surface area contributed by atoms with Crippen LogP contribution in [0.3, 0.4) is 0 Å². The summed E-state index contributed by atoms with van der Waals surface area (Å²) in [5, 5.41) is 9.58. The van der Waals surface area contributed by atoms with Crippen LogP contribution < -0.4 is 15.2 Å². The van der Waals surface area contributed by atoms with E-state index >= 15 is 0 Å². The van der Waals surface area contributed by atoms with E-state index in [-0.39, 0.29) is 42.1 Å². The van der Waals surface area contributed by atoms with Crippen molar-refractivity contribution in [1.29, 1.82) is 0 Å². The molecule has 11 heteroatoms. The fourth-order valence-corrected chi connectivity index (χ4v) is 3.08. The van der Waals surface area contributed by atoms with E-state index in [1.54, 1.807) is 6.92 Å². The van der Waals surface area contributed by atoms with E-state index in [9.17, 15) is 24.3 Å². The van der Waals surface area contributed by atoms with Crippen molar-refractivity contribution in [1.82, 2.24) is 0 Å². The summed E-state index contributed by atoms with van der Waals surface area (Å²) in [6.07, 6.45) is -2.07. The maximum absolute atomic E-state index is 12.4. The Labute approximate surface area is 217 Å². The van der Waals surface area contributed by atoms with Crippen LogP contribution in [0.4, 0.5) is 9.59 Å². The first-order valence-corrected chi connectivity index (χ1v) is 11.8. The third-order valence-corrected chi connectivity index (χ3v) is 4.82. The molecule has 3 atom stereocenters. The van der Waals surface area contributed by atoms with Gasteiger partial charge in [-0.3, -0.25) is 9.59 Å². The average Bonchev–Trinajstić information content (AvgIpc) is 2.75. The first-order chi connectivity index (χ1) is 16.9. The van der Waals surface area contributed by atoms with Crippen LogP contribution in [0.15, 0.2) is 18.2 Å². The Morgan fingerprint density at radius 3 is 1.78 bits per heavy atom. The van der Waals surface area contributed by atoms with Crippen LogP contribution in [0.5, 0.6) is 11.5 Å². The van der Waals surface area contributed by atoms with E-state index in [2.05, 4.69) is 0 Å². The molecule has 2 unspecified atom stereocenters. The molecule has 1 aromatic carbocycles. The van der Waals surface area contributed by atoms with Crippen molar-refractivity contribution in [3.63, 3.8) is 0 Å². The van der Waals surface area contributed by atoms with Crippen molar-refractivity contribution in [2.45, 2.75) is 67.3 Å². The van der Waals surface area contributed by atoms with Crippen LogP contribution in [0, 0.1) is 16.7 Å². The van der Waals surface area contributed by atoms with E-state index in [1.165, 1.54) is 25.1 Å². The zero-order valence-electron chi connectivity index (χ0n) is 22.8. The number of esters is 1. The molecular weight excluding hydrogens is 486 g/mol. The highest BCUT2D eigenvalue weighted by Crippen LogP contribution is 2.36. The monoisotopic (exact) mass is 525 g/mol. The lowest BCUT2D eigenvalue weighted by Crippen LogP contribution is -2.40. The second kappa shape index (κ2) is 13.3. The maximum atomic E-state index is 12.4. The van der Waals surface area contributed by atoms with Gasteiger partial charge in [0.2, 0.25) is 0 Å². The first kappa shape index (κ1) is 31.7. The molecule has 11 nitrogen and oxygen atoms in total. The number of carboxylic acid groups (broad SMARTS) is 1. The van der Waals surface area contributed by atoms with E-state index in [0.717, 1.165) is 0 Å². The second-order valence-corrected chi connectivity index (χ2v) is 11.3. The van der Waals surface area contributed by atoms with E-state index < -0.39 is 42.1 Å². The lowest BCUT2D eigenvalue weighted by Gasteiger charge is -2.28. The largest absolute Gasteiger partial charge is 0.513 e. The second-order valence-electron chi connectivity index (χ2n) is 11.3. The van der Waals surface area contributed by atoms with Crippen molar-refractivity contribution >= 4 is 24.2 Å². The third kappa shape index (κ3) is 12.0. The minimum Gasteiger partial charge on any atom is -0.480 e. The molecule has 0 aliphatic heterocycles. The molecule has 1 rings (SSSR count). The number of nitrogens with two attached hydrogens (primary N) is 1. The number of carbonyl (C=O) groups excluding carboxylic acids is 3. The topological polar surface area (TPSA) is 161 Å². The van der Waals surface area contributed by atoms with Gasteiger partial charge >= 0.3 is 24.2 Å². The van der Waals surface area contributed by atoms with Crippen molar-refractivity contribution in [3.05, 3.63) is 23.8 Å². The highest BCUT2D eigenvalue weighted by Gasteiger charge is 2.33. The Hall–Kier alpha value is -3.34. The maximum Gasteiger partial charge on any atom is 0.513 e. The molecule has 0 radical (unpaired) electrons. The van der Waals surface area contributed by atoms with Crippen molar-refractivity contribution < 1.29 is 48.0 Å². The van der Waals surface area contributed by atoms with Crippen LogP contribution in [-0.4, -0.2) is 55.2 Å². The van der Waals surface area contributed by atoms with E-state index in [4.69, 9.17) is 29.4 Å². The van der Waals surface area contributed by atoms with Gasteiger partial charge in [0.25, 0.3) is 0 Å². The number of benzene rings is 1. The van der Waals surface area contributed by atoms with Crippen LogP contribution in [-0.2, 0) is 23.8 Å². The summed E-state index contributed by atoms with van der Waals surface area (Å²) < 4.78 is 25.9. The fraction of sp³-hybridized carbons (Fsp3) is 0.615. The molecule has 0 heterocycles. The van der Waals surface area contributed by atoms with E-state index in [1.807, 2.05) is 41.5 Å². The van der Waals surface area contributed by atoms with Gasteiger partial charge in [0.1, 0.15) is 6.04 Å². The van der Waals surface area contributed by atoms with Gasteiger partial charge in [-0.05, 0) is 34.4 Å². The molecule has 208 valence electrons. The number of ether oxygens (including phenoxy) is 5. The summed E-state index contributed by atoms with van der Waals surface area (Å²) in [4.78, 5) is 47.7. The molecule has 0 fully saturated rings. The normalized spacial score (nSPS) is 14.1. The van der Waals surface area contributed by atoms with Gasteiger partial charge in [0.05, 0.1) is 19.8 Å². The molecule has 0 aliphatic carbocycles. The number of aliphatic carboxylic acids is 1. The lowest BCUT2D eigenvalue weighted by atomic mass is 9.82. The molecule has 0 amide bonds. The number of rotatable bonds is 10. The van der Waals surface area contributed by atoms with Crippen LogP contribution in [0.25, 0.3) is 0 Å². The summed E-state index contributed by atoms with van der Waals surface area (Å²) >= 11 is 0. The van der Waals surface area contributed by atoms with Gasteiger partial charge in [0.15, 0.2) is 11.5 Å². The molecule has 0 spiro atoms. The lowest BCUT2D eigenvalue weighted by molar-refractivity contribution is -0.142. The van der Waals surface area contributed by atoms with Crippen molar-refractivity contribution in [3.8, 4) is 11.5 Å². The van der Waals surface area contributed by atoms with Crippen LogP contribution in [0.1, 0.15) is 66.9 Å². The predicted molar refractivity (Wildman–Crippen MR) is 133 cm³/mol. The van der Waals surface area contributed by atoms with Gasteiger partial charge in [-0.2, -0.15) is 0 Å². The zero-order valence-corrected chi connectivity index (χ0v) is 22.8. The number of hydrogen-bond donors (Lipinski definition) is 2. The van der Waals surface area contributed by atoms with Crippen LogP contribution in [0.2, 0.25) is 0 Å². The van der Waals surface area contributed by atoms with Gasteiger partial charge in [-0.15, -0.1) is 0 Å². The molecule has 1 aromatic rings. The number of carbonyl (C=O) groups is 4. The van der Waals surface area contributed by atoms with Gasteiger partial charge in [-0.1, -0.05) is 54.5 Å². The fourth-order valence-electron chi connectivity index (χ4n) is 3.08. The summed E-state index contributed by atoms with van der Waals surface area (Å²) in [5.41, 5.74) is 5.68. The zero-order chi connectivity index (χ0) is 28.6. The SMILES string of the molecule is CC(=O)OCC(C)C(c1ccc(OC(=O)OCC(C)(C)C)c(OC(=O)OCC(C)(C)C)c1)[C@H](N)C(=O)O. The highest BCUT2D eigenvalue weighted by atomic mass is 16.7. The molecular formula is C26H39NO10. The van der Waals surface area contributed by atoms with E-state index in [0.29, 0.717) is 5.56 Å². The van der Waals surface area contributed by atoms with Crippen LogP contribution >= 0.6 is 0 Å². The smallest absolute Gasteiger partial charge is 0.480 e. The summed E-state index contributed by atoms with van der Waals surface area (Å²) in [6.45, 7) is 14.2. The summed E-state index contributed by atoms with van der Waals surface area (Å²) in [5.74, 6) is -3.54. The molecule has 0 bridgehead atoms. The Bertz CT molecular complexity index is 961. The third-order valence-electron chi connectivity index (χ3n) is 4.82. The Kier molecular flexibility index (Phi) is 11.4. The molecule has 37 heavy (non-hydrogen) atoms. The highest BCUT2D eigenvalue weighted by molar-refractivity contribution is 5.75. The van der Waals surface area contributed by atoms with Crippen molar-refractivity contribution in [2.24, 2.45) is 22.5 Å². The molecule has 0 aromatic heterocycles. The van der Waals surface area contributed by atoms with Gasteiger partial charge in [-0.25, -0.2) is 9.59 Å². The Balaban J connectivity index is 3.36.